The quantitative estimate of drug-likeness (QED) is 0.646. The highest BCUT2D eigenvalue weighted by molar-refractivity contribution is 5.89. The van der Waals surface area contributed by atoms with E-state index in [0.717, 1.165) is 5.56 Å². The zero-order valence-corrected chi connectivity index (χ0v) is 10.6. The van der Waals surface area contributed by atoms with Gasteiger partial charge in [-0.2, -0.15) is 0 Å². The van der Waals surface area contributed by atoms with Crippen molar-refractivity contribution in [3.63, 3.8) is 0 Å². The number of methoxy groups -OCH3 is 1. The number of carbonyl (C=O) groups excluding carboxylic acids is 1. The number of pyridine rings is 1. The zero-order chi connectivity index (χ0) is 14.4. The van der Waals surface area contributed by atoms with Gasteiger partial charge in [0.25, 0.3) is 0 Å². The molecule has 7 heteroatoms. The van der Waals surface area contributed by atoms with E-state index >= 15 is 0 Å². The summed E-state index contributed by atoms with van der Waals surface area (Å²) in [4.78, 5) is 23.4. The van der Waals surface area contributed by atoms with Crippen LogP contribution in [0.2, 0.25) is 0 Å². The number of nitrogens with one attached hydrogen (secondary N) is 2. The lowest BCUT2D eigenvalue weighted by Gasteiger charge is -2.05. The van der Waals surface area contributed by atoms with Crippen molar-refractivity contribution in [2.45, 2.75) is 0 Å². The third-order valence-electron chi connectivity index (χ3n) is 2.34. The molecule has 2 amide bonds. The minimum atomic E-state index is -0.537. The van der Waals surface area contributed by atoms with Crippen molar-refractivity contribution >= 4 is 11.8 Å². The van der Waals surface area contributed by atoms with Gasteiger partial charge in [-0.05, 0) is 6.07 Å². The first-order valence-electron chi connectivity index (χ1n) is 5.58. The Morgan fingerprint density at radius 3 is 2.85 bits per heavy atom. The smallest absolute Gasteiger partial charge is 0.332 e. The molecule has 7 nitrogen and oxygen atoms in total. The Labute approximate surface area is 115 Å². The van der Waals surface area contributed by atoms with Crippen molar-refractivity contribution in [2.75, 3.05) is 12.4 Å². The summed E-state index contributed by atoms with van der Waals surface area (Å²) in [5.74, 6) is 0.841. The molecule has 0 spiro atoms. The van der Waals surface area contributed by atoms with Crippen molar-refractivity contribution in [3.05, 3.63) is 30.7 Å². The van der Waals surface area contributed by atoms with Crippen LogP contribution in [0, 0.1) is 12.5 Å². The monoisotopic (exact) mass is 269 g/mol. The van der Waals surface area contributed by atoms with Crippen LogP contribution < -0.4 is 15.4 Å². The summed E-state index contributed by atoms with van der Waals surface area (Å²) in [6.45, 7) is 0. The van der Waals surface area contributed by atoms with Crippen LogP contribution in [0.1, 0.15) is 0 Å². The van der Waals surface area contributed by atoms with Gasteiger partial charge in [0.15, 0.2) is 0 Å². The maximum Gasteiger partial charge on any atom is 0.332 e. The number of nitrogens with zero attached hydrogens (tertiary/aromatic N) is 3. The van der Waals surface area contributed by atoms with Gasteiger partial charge in [-0.3, -0.25) is 10.6 Å². The molecule has 2 rings (SSSR count). The normalized spacial score (nSPS) is 9.40. The highest BCUT2D eigenvalue weighted by Crippen LogP contribution is 2.19. The Balaban J connectivity index is 2.20. The molecule has 2 heterocycles. The lowest BCUT2D eigenvalue weighted by molar-refractivity contribution is 0.255. The highest BCUT2D eigenvalue weighted by Gasteiger charge is 2.05. The van der Waals surface area contributed by atoms with E-state index in [-0.39, 0.29) is 0 Å². The van der Waals surface area contributed by atoms with Crippen molar-refractivity contribution in [1.82, 2.24) is 20.3 Å². The molecule has 0 radical (unpaired) electrons. The van der Waals surface area contributed by atoms with E-state index in [1.807, 2.05) is 6.04 Å². The largest absolute Gasteiger partial charge is 0.481 e. The van der Waals surface area contributed by atoms with Crippen LogP contribution in [0.3, 0.4) is 0 Å². The summed E-state index contributed by atoms with van der Waals surface area (Å²) in [5.41, 5.74) is 1.39. The molecule has 20 heavy (non-hydrogen) atoms. The molecule has 0 unspecified atom stereocenters. The highest BCUT2D eigenvalue weighted by atomic mass is 16.5. The van der Waals surface area contributed by atoms with Crippen molar-refractivity contribution in [2.24, 2.45) is 0 Å². The van der Waals surface area contributed by atoms with Crippen LogP contribution >= 0.6 is 0 Å². The molecular formula is C13H11N5O2. The lowest BCUT2D eigenvalue weighted by Crippen LogP contribution is -2.24. The molecule has 2 aromatic rings. The molecule has 0 fully saturated rings. The summed E-state index contributed by atoms with van der Waals surface area (Å²) in [7, 11) is 1.54. The van der Waals surface area contributed by atoms with Crippen LogP contribution in [0.4, 0.5) is 10.6 Å². The van der Waals surface area contributed by atoms with E-state index in [1.165, 1.54) is 6.33 Å². The first kappa shape index (κ1) is 13.3. The third-order valence-corrected chi connectivity index (χ3v) is 2.34. The summed E-state index contributed by atoms with van der Waals surface area (Å²) in [5, 5.41) is 4.64. The number of hydrogen-bond acceptors (Lipinski definition) is 5. The first-order chi connectivity index (χ1) is 9.72. The maximum absolute atomic E-state index is 11.3. The van der Waals surface area contributed by atoms with Crippen LogP contribution in [0.15, 0.2) is 30.7 Å². The van der Waals surface area contributed by atoms with Crippen LogP contribution in [-0.4, -0.2) is 28.1 Å². The van der Waals surface area contributed by atoms with E-state index < -0.39 is 6.03 Å². The van der Waals surface area contributed by atoms with Gasteiger partial charge in [-0.1, -0.05) is 6.42 Å². The van der Waals surface area contributed by atoms with E-state index in [9.17, 15) is 4.79 Å². The number of urea groups is 1. The first-order valence-corrected chi connectivity index (χ1v) is 5.58. The molecule has 0 atom stereocenters. The Bertz CT molecular complexity index is 649. The van der Waals surface area contributed by atoms with Crippen LogP contribution in [-0.2, 0) is 0 Å². The third kappa shape index (κ3) is 3.20. The number of ether oxygens (including phenoxy) is 1. The van der Waals surface area contributed by atoms with Crippen molar-refractivity contribution in [3.8, 4) is 29.6 Å². The molecule has 0 aliphatic carbocycles. The number of anilines is 1. The van der Waals surface area contributed by atoms with Gasteiger partial charge < -0.3 is 4.74 Å². The van der Waals surface area contributed by atoms with Gasteiger partial charge >= 0.3 is 6.03 Å². The molecule has 0 aliphatic heterocycles. The van der Waals surface area contributed by atoms with Gasteiger partial charge in [0, 0.05) is 29.9 Å². The molecule has 0 saturated heterocycles. The second-order valence-electron chi connectivity index (χ2n) is 3.60. The average molecular weight is 269 g/mol. The fourth-order valence-electron chi connectivity index (χ4n) is 1.45. The van der Waals surface area contributed by atoms with Crippen molar-refractivity contribution < 1.29 is 9.53 Å². The molecule has 0 bridgehead atoms. The van der Waals surface area contributed by atoms with Gasteiger partial charge in [-0.15, -0.1) is 0 Å². The summed E-state index contributed by atoms with van der Waals surface area (Å²) >= 11 is 0. The molecular weight excluding hydrogens is 258 g/mol. The number of terminal acetylenes is 1. The van der Waals surface area contributed by atoms with Crippen molar-refractivity contribution in [1.29, 1.82) is 0 Å². The van der Waals surface area contributed by atoms with Gasteiger partial charge in [0.2, 0.25) is 5.88 Å². The summed E-state index contributed by atoms with van der Waals surface area (Å²) in [6, 6.07) is 6.61. The Kier molecular flexibility index (Phi) is 4.09. The second-order valence-corrected chi connectivity index (χ2v) is 3.60. The summed E-state index contributed by atoms with van der Waals surface area (Å²) < 4.78 is 4.98. The second kappa shape index (κ2) is 6.15. The number of amides is 2. The molecule has 100 valence electrons. The molecule has 2 N–H and O–H groups in total. The minimum absolute atomic E-state index is 0.332. The number of hydrogen-bond donors (Lipinski definition) is 2. The fourth-order valence-corrected chi connectivity index (χ4v) is 1.45. The van der Waals surface area contributed by atoms with Gasteiger partial charge in [0.05, 0.1) is 12.8 Å². The predicted molar refractivity (Wildman–Crippen MR) is 72.8 cm³/mol. The van der Waals surface area contributed by atoms with E-state index in [1.54, 1.807) is 31.5 Å². The SMILES string of the molecule is C#CNC(=O)Nc1cc(-c2ccc(OC)nc2)ncn1. The van der Waals surface area contributed by atoms with Crippen LogP contribution in [0.25, 0.3) is 11.3 Å². The standard InChI is InChI=1S/C13H11N5O2/c1-3-14-13(19)18-11-6-10(16-8-17-11)9-4-5-12(20-2)15-7-9/h1,4-8H,2H3,(H2,14,16,17,18,19). The fraction of sp³-hybridized carbons (Fsp3) is 0.0769. The van der Waals surface area contributed by atoms with Crippen LogP contribution in [0.5, 0.6) is 5.88 Å². The average Bonchev–Trinajstić information content (AvgIpc) is 2.48. The van der Waals surface area contributed by atoms with Gasteiger partial charge in [-0.25, -0.2) is 19.7 Å². The number of rotatable bonds is 3. The van der Waals surface area contributed by atoms with E-state index in [2.05, 4.69) is 25.6 Å². The minimum Gasteiger partial charge on any atom is -0.481 e. The van der Waals surface area contributed by atoms with E-state index in [0.29, 0.717) is 17.4 Å². The molecule has 0 saturated carbocycles. The summed E-state index contributed by atoms with van der Waals surface area (Å²) in [6.07, 6.45) is 7.91. The Morgan fingerprint density at radius 2 is 2.20 bits per heavy atom. The molecule has 0 aromatic carbocycles. The number of carbonyl (C=O) groups is 1. The maximum atomic E-state index is 11.3. The molecule has 2 aromatic heterocycles. The molecule has 0 aliphatic rings. The topological polar surface area (TPSA) is 89.0 Å². The number of aromatic nitrogens is 3. The zero-order valence-electron chi connectivity index (χ0n) is 10.6. The lowest BCUT2D eigenvalue weighted by atomic mass is 10.2. The predicted octanol–water partition coefficient (Wildman–Crippen LogP) is 1.26. The Hall–Kier alpha value is -3.14. The van der Waals surface area contributed by atoms with E-state index in [4.69, 9.17) is 11.2 Å². The Morgan fingerprint density at radius 1 is 1.35 bits per heavy atom. The van der Waals surface area contributed by atoms with Gasteiger partial charge in [0.1, 0.15) is 12.1 Å².